The van der Waals surface area contributed by atoms with Crippen LogP contribution in [-0.4, -0.2) is 39.3 Å². The molecule has 0 spiro atoms. The highest BCUT2D eigenvalue weighted by molar-refractivity contribution is 5.54. The predicted molar refractivity (Wildman–Crippen MR) is 122 cm³/mol. The molecule has 1 aliphatic carbocycles. The summed E-state index contributed by atoms with van der Waals surface area (Å²) in [6.45, 7) is 3.07. The zero-order valence-electron chi connectivity index (χ0n) is 18.9. The Morgan fingerprint density at radius 1 is 0.970 bits per heavy atom. The number of piperidine rings is 1. The van der Waals surface area contributed by atoms with Gasteiger partial charge in [0.1, 0.15) is 5.82 Å². The van der Waals surface area contributed by atoms with Crippen molar-refractivity contribution in [2.45, 2.75) is 43.7 Å². The van der Waals surface area contributed by atoms with Gasteiger partial charge in [0.2, 0.25) is 0 Å². The monoisotopic (exact) mass is 454 g/mol. The Labute approximate surface area is 192 Å². The van der Waals surface area contributed by atoms with Crippen molar-refractivity contribution in [1.29, 1.82) is 0 Å². The second-order valence-electron chi connectivity index (χ2n) is 9.54. The molecule has 7 heteroatoms. The van der Waals surface area contributed by atoms with Gasteiger partial charge in [0, 0.05) is 37.5 Å². The van der Waals surface area contributed by atoms with Gasteiger partial charge in [-0.05, 0) is 49.4 Å². The molecule has 2 fully saturated rings. The molecule has 4 nitrogen and oxygen atoms in total. The van der Waals surface area contributed by atoms with Gasteiger partial charge in [0.15, 0.2) is 5.82 Å². The van der Waals surface area contributed by atoms with Crippen LogP contribution in [0.25, 0.3) is 11.4 Å². The SMILES string of the molecule is Cn1c(CCCCCN2CC3C[C@]3(c3ccc(C(F)(F)F)cc3)C2)nnc1-c1ccccc1. The first-order valence-corrected chi connectivity index (χ1v) is 11.7. The number of unbranched alkanes of at least 4 members (excludes halogenated alkanes) is 2. The van der Waals surface area contributed by atoms with Gasteiger partial charge in [0.05, 0.1) is 5.56 Å². The second-order valence-corrected chi connectivity index (χ2v) is 9.54. The molecule has 2 aliphatic rings. The third-order valence-electron chi connectivity index (χ3n) is 7.38. The highest BCUT2D eigenvalue weighted by atomic mass is 19.4. The minimum absolute atomic E-state index is 0.0800. The molecule has 2 heterocycles. The van der Waals surface area contributed by atoms with Crippen LogP contribution in [0.4, 0.5) is 13.2 Å². The van der Waals surface area contributed by atoms with Crippen LogP contribution in [-0.2, 0) is 25.1 Å². The zero-order valence-corrected chi connectivity index (χ0v) is 18.9. The Kier molecular flexibility index (Phi) is 5.77. The Morgan fingerprint density at radius 2 is 1.73 bits per heavy atom. The largest absolute Gasteiger partial charge is 0.416 e. The van der Waals surface area contributed by atoms with Gasteiger partial charge in [0.25, 0.3) is 0 Å². The highest BCUT2D eigenvalue weighted by Gasteiger charge is 2.60. The van der Waals surface area contributed by atoms with E-state index in [2.05, 4.69) is 19.7 Å². The number of aromatic nitrogens is 3. The van der Waals surface area contributed by atoms with Crippen molar-refractivity contribution in [2.24, 2.45) is 13.0 Å². The molecule has 1 saturated carbocycles. The molecule has 1 aliphatic heterocycles. The van der Waals surface area contributed by atoms with Crippen molar-refractivity contribution < 1.29 is 13.2 Å². The molecule has 0 bridgehead atoms. The predicted octanol–water partition coefficient (Wildman–Crippen LogP) is 5.49. The van der Waals surface area contributed by atoms with E-state index in [0.717, 1.165) is 74.5 Å². The molecule has 3 aromatic rings. The van der Waals surface area contributed by atoms with Crippen LogP contribution in [0.5, 0.6) is 0 Å². The lowest BCUT2D eigenvalue weighted by Gasteiger charge is -2.21. The Hall–Kier alpha value is -2.67. The number of halogens is 3. The molecule has 0 N–H and O–H groups in total. The lowest BCUT2D eigenvalue weighted by molar-refractivity contribution is -0.137. The summed E-state index contributed by atoms with van der Waals surface area (Å²) in [5.41, 5.74) is 1.66. The number of nitrogens with zero attached hydrogens (tertiary/aromatic N) is 4. The van der Waals surface area contributed by atoms with E-state index in [4.69, 9.17) is 0 Å². The summed E-state index contributed by atoms with van der Waals surface area (Å²) in [5, 5.41) is 8.74. The van der Waals surface area contributed by atoms with Crippen molar-refractivity contribution in [3.63, 3.8) is 0 Å². The van der Waals surface area contributed by atoms with Crippen molar-refractivity contribution in [3.05, 3.63) is 71.5 Å². The van der Waals surface area contributed by atoms with E-state index in [1.165, 1.54) is 12.1 Å². The number of fused-ring (bicyclic) bond motifs is 1. The van der Waals surface area contributed by atoms with Crippen molar-refractivity contribution >= 4 is 0 Å². The third kappa shape index (κ3) is 4.43. The molecule has 174 valence electrons. The van der Waals surface area contributed by atoms with Gasteiger partial charge in [-0.1, -0.05) is 48.9 Å². The van der Waals surface area contributed by atoms with E-state index >= 15 is 0 Å². The molecule has 2 aromatic carbocycles. The summed E-state index contributed by atoms with van der Waals surface area (Å²) in [4.78, 5) is 2.49. The zero-order chi connectivity index (χ0) is 23.1. The van der Waals surface area contributed by atoms with Crippen LogP contribution < -0.4 is 0 Å². The maximum atomic E-state index is 12.9. The first-order chi connectivity index (χ1) is 15.9. The van der Waals surface area contributed by atoms with E-state index in [9.17, 15) is 13.2 Å². The summed E-state index contributed by atoms with van der Waals surface area (Å²) >= 11 is 0. The number of likely N-dealkylation sites (tertiary alicyclic amines) is 1. The third-order valence-corrected chi connectivity index (χ3v) is 7.38. The fourth-order valence-corrected chi connectivity index (χ4v) is 5.41. The van der Waals surface area contributed by atoms with E-state index in [1.54, 1.807) is 12.1 Å². The van der Waals surface area contributed by atoms with Crippen LogP contribution in [0.3, 0.4) is 0 Å². The summed E-state index contributed by atoms with van der Waals surface area (Å²) < 4.78 is 40.7. The van der Waals surface area contributed by atoms with Crippen LogP contribution in [0.2, 0.25) is 0 Å². The van der Waals surface area contributed by atoms with E-state index in [-0.39, 0.29) is 5.41 Å². The number of hydrogen-bond acceptors (Lipinski definition) is 3. The lowest BCUT2D eigenvalue weighted by atomic mass is 9.94. The quantitative estimate of drug-likeness (QED) is 0.422. The van der Waals surface area contributed by atoms with E-state index < -0.39 is 11.7 Å². The highest BCUT2D eigenvalue weighted by Crippen LogP contribution is 2.59. The lowest BCUT2D eigenvalue weighted by Crippen LogP contribution is -2.27. The van der Waals surface area contributed by atoms with Gasteiger partial charge in [-0.15, -0.1) is 10.2 Å². The molecule has 5 rings (SSSR count). The van der Waals surface area contributed by atoms with E-state index in [0.29, 0.717) is 5.92 Å². The smallest absolute Gasteiger partial charge is 0.314 e. The average molecular weight is 455 g/mol. The number of rotatable bonds is 8. The molecule has 1 unspecified atom stereocenters. The number of benzene rings is 2. The van der Waals surface area contributed by atoms with Crippen molar-refractivity contribution in [1.82, 2.24) is 19.7 Å². The maximum absolute atomic E-state index is 12.9. The van der Waals surface area contributed by atoms with Crippen molar-refractivity contribution in [2.75, 3.05) is 19.6 Å². The van der Waals surface area contributed by atoms with Gasteiger partial charge in [-0.3, -0.25) is 0 Å². The summed E-state index contributed by atoms with van der Waals surface area (Å²) in [7, 11) is 2.02. The molecule has 0 radical (unpaired) electrons. The molecule has 33 heavy (non-hydrogen) atoms. The standard InChI is InChI=1S/C26H29F3N4/c1-32-23(30-31-24(32)19-8-4-2-5-9-19)10-6-3-7-15-33-17-22-16-25(22,18-33)20-11-13-21(14-12-20)26(27,28)29/h2,4-5,8-9,11-14,22H,3,6-7,10,15-18H2,1H3/t22?,25-/m1/s1. The minimum atomic E-state index is -4.27. The molecule has 1 saturated heterocycles. The number of alkyl halides is 3. The molecular weight excluding hydrogens is 425 g/mol. The molecular formula is C26H29F3N4. The van der Waals surface area contributed by atoms with Crippen molar-refractivity contribution in [3.8, 4) is 11.4 Å². The molecule has 1 aromatic heterocycles. The first-order valence-electron chi connectivity index (χ1n) is 11.7. The van der Waals surface area contributed by atoms with Gasteiger partial charge in [-0.2, -0.15) is 13.2 Å². The van der Waals surface area contributed by atoms with Crippen LogP contribution in [0, 0.1) is 5.92 Å². The average Bonchev–Trinajstić information content (AvgIpc) is 3.18. The second kappa shape index (κ2) is 8.60. The Bertz CT molecular complexity index is 1090. The maximum Gasteiger partial charge on any atom is 0.416 e. The fraction of sp³-hybridized carbons (Fsp3) is 0.462. The summed E-state index contributed by atoms with van der Waals surface area (Å²) in [6, 6.07) is 16.0. The topological polar surface area (TPSA) is 34.0 Å². The van der Waals surface area contributed by atoms with Crippen LogP contribution in [0.15, 0.2) is 54.6 Å². The fourth-order valence-electron chi connectivity index (χ4n) is 5.41. The molecule has 0 amide bonds. The van der Waals surface area contributed by atoms with Gasteiger partial charge in [-0.25, -0.2) is 0 Å². The summed E-state index contributed by atoms with van der Waals surface area (Å²) in [6.07, 6.45) is 1.07. The van der Waals surface area contributed by atoms with E-state index in [1.807, 2.05) is 37.4 Å². The molecule has 2 atom stereocenters. The van der Waals surface area contributed by atoms with Gasteiger partial charge >= 0.3 is 6.18 Å². The van der Waals surface area contributed by atoms with Gasteiger partial charge < -0.3 is 9.47 Å². The first kappa shape index (κ1) is 22.1. The Balaban J connectivity index is 1.07. The van der Waals surface area contributed by atoms with Crippen LogP contribution in [0.1, 0.15) is 42.6 Å². The normalized spacial score (nSPS) is 22.5. The Morgan fingerprint density at radius 3 is 2.45 bits per heavy atom. The number of aryl methyl sites for hydroxylation is 1. The summed E-state index contributed by atoms with van der Waals surface area (Å²) in [5.74, 6) is 2.50. The number of hydrogen-bond donors (Lipinski definition) is 0. The van der Waals surface area contributed by atoms with Crippen LogP contribution >= 0.6 is 0 Å². The minimum Gasteiger partial charge on any atom is -0.314 e.